The highest BCUT2D eigenvalue weighted by molar-refractivity contribution is 7.99. The first kappa shape index (κ1) is 21.4. The molecule has 2 aromatic carbocycles. The summed E-state index contributed by atoms with van der Waals surface area (Å²) in [6.45, 7) is 5.94. The fourth-order valence-corrected chi connectivity index (χ4v) is 4.37. The predicted molar refractivity (Wildman–Crippen MR) is 132 cm³/mol. The molecular weight excluding hydrogens is 432 g/mol. The molecule has 0 unspecified atom stereocenters. The van der Waals surface area contributed by atoms with Gasteiger partial charge in [-0.25, -0.2) is 9.97 Å². The lowest BCUT2D eigenvalue weighted by atomic mass is 10.1. The van der Waals surface area contributed by atoms with Crippen LogP contribution in [0, 0.1) is 6.92 Å². The Morgan fingerprint density at radius 2 is 1.67 bits per heavy atom. The zero-order chi connectivity index (χ0) is 22.6. The molecule has 4 aromatic rings. The molecule has 5 rings (SSSR count). The summed E-state index contributed by atoms with van der Waals surface area (Å²) >= 11 is 1.55. The predicted octanol–water partition coefficient (Wildman–Crippen LogP) is 4.22. The number of hydrogen-bond donors (Lipinski definition) is 2. The number of anilines is 3. The van der Waals surface area contributed by atoms with Crippen LogP contribution in [0.2, 0.25) is 0 Å². The van der Waals surface area contributed by atoms with E-state index >= 15 is 0 Å². The van der Waals surface area contributed by atoms with Gasteiger partial charge >= 0.3 is 0 Å². The maximum atomic E-state index is 4.85. The van der Waals surface area contributed by atoms with Crippen molar-refractivity contribution in [2.45, 2.75) is 17.0 Å². The molecule has 0 aliphatic carbocycles. The van der Waals surface area contributed by atoms with Gasteiger partial charge in [0.1, 0.15) is 11.6 Å². The van der Waals surface area contributed by atoms with Gasteiger partial charge < -0.3 is 15.1 Å². The van der Waals surface area contributed by atoms with E-state index in [9.17, 15) is 0 Å². The van der Waals surface area contributed by atoms with Crippen LogP contribution in [0.3, 0.4) is 0 Å². The first-order chi connectivity index (χ1) is 16.1. The van der Waals surface area contributed by atoms with Gasteiger partial charge in [0.2, 0.25) is 5.95 Å². The lowest BCUT2D eigenvalue weighted by molar-refractivity contribution is 0.312. The van der Waals surface area contributed by atoms with E-state index in [1.54, 1.807) is 11.8 Å². The van der Waals surface area contributed by atoms with Crippen molar-refractivity contribution in [3.8, 4) is 11.4 Å². The van der Waals surface area contributed by atoms with E-state index in [0.717, 1.165) is 42.5 Å². The molecule has 0 radical (unpaired) electrons. The van der Waals surface area contributed by atoms with Crippen molar-refractivity contribution in [2.75, 3.05) is 43.4 Å². The molecule has 0 atom stereocenters. The van der Waals surface area contributed by atoms with Crippen LogP contribution in [0.25, 0.3) is 11.4 Å². The van der Waals surface area contributed by atoms with Crippen molar-refractivity contribution < 1.29 is 0 Å². The summed E-state index contributed by atoms with van der Waals surface area (Å²) < 4.78 is 0. The Labute approximate surface area is 197 Å². The molecule has 1 saturated heterocycles. The molecule has 2 aromatic heterocycles. The molecule has 2 N–H and O–H groups in total. The van der Waals surface area contributed by atoms with Crippen LogP contribution in [-0.4, -0.2) is 63.3 Å². The van der Waals surface area contributed by atoms with Gasteiger partial charge in [-0.2, -0.15) is 4.98 Å². The standard InChI is InChI=1S/C24H26N8S/c1-17-8-10-18(11-9-17)22-28-23(30-29-22)25-20-16-21(32-14-12-31(2)13-15-32)27-24(26-20)33-19-6-4-3-5-7-19/h3-11,16H,12-15H2,1-2H3,(H2,25,26,27,28,29,30). The highest BCUT2D eigenvalue weighted by Crippen LogP contribution is 2.29. The fraction of sp³-hybridized carbons (Fsp3) is 0.250. The number of hydrogen-bond acceptors (Lipinski definition) is 8. The van der Waals surface area contributed by atoms with Crippen molar-refractivity contribution in [1.29, 1.82) is 0 Å². The van der Waals surface area contributed by atoms with E-state index in [0.29, 0.717) is 22.7 Å². The first-order valence-corrected chi connectivity index (χ1v) is 11.8. The third-order valence-electron chi connectivity index (χ3n) is 5.52. The van der Waals surface area contributed by atoms with Crippen LogP contribution < -0.4 is 10.2 Å². The van der Waals surface area contributed by atoms with Gasteiger partial charge in [0, 0.05) is 42.7 Å². The lowest BCUT2D eigenvalue weighted by Crippen LogP contribution is -2.44. The number of likely N-dealkylation sites (N-methyl/N-ethyl adjacent to an activating group) is 1. The molecule has 1 aliphatic heterocycles. The Bertz CT molecular complexity index is 1200. The molecule has 1 aliphatic rings. The number of piperazine rings is 1. The van der Waals surface area contributed by atoms with Crippen LogP contribution in [0.15, 0.2) is 70.7 Å². The van der Waals surface area contributed by atoms with Gasteiger partial charge in [-0.15, -0.1) is 5.10 Å². The average molecular weight is 459 g/mol. The minimum atomic E-state index is 0.476. The Kier molecular flexibility index (Phi) is 6.23. The first-order valence-electron chi connectivity index (χ1n) is 10.9. The highest BCUT2D eigenvalue weighted by atomic mass is 32.2. The summed E-state index contributed by atoms with van der Waals surface area (Å²) in [5, 5.41) is 11.3. The fourth-order valence-electron chi connectivity index (χ4n) is 3.59. The third kappa shape index (κ3) is 5.32. The van der Waals surface area contributed by atoms with Crippen LogP contribution in [0.1, 0.15) is 5.56 Å². The maximum absolute atomic E-state index is 4.85. The average Bonchev–Trinajstić information content (AvgIpc) is 3.29. The molecule has 1 fully saturated rings. The van der Waals surface area contributed by atoms with E-state index in [4.69, 9.17) is 9.97 Å². The molecule has 8 nitrogen and oxygen atoms in total. The molecule has 168 valence electrons. The normalized spacial score (nSPS) is 14.4. The second-order valence-corrected chi connectivity index (χ2v) is 9.14. The molecule has 0 bridgehead atoms. The van der Waals surface area contributed by atoms with Crippen molar-refractivity contribution in [1.82, 2.24) is 30.0 Å². The topological polar surface area (TPSA) is 85.9 Å². The minimum absolute atomic E-state index is 0.476. The molecule has 0 saturated carbocycles. The van der Waals surface area contributed by atoms with E-state index in [1.165, 1.54) is 5.56 Å². The Morgan fingerprint density at radius 3 is 2.42 bits per heavy atom. The van der Waals surface area contributed by atoms with Gasteiger partial charge in [-0.3, -0.25) is 5.10 Å². The smallest absolute Gasteiger partial charge is 0.248 e. The molecule has 9 heteroatoms. The number of benzene rings is 2. The van der Waals surface area contributed by atoms with Crippen LogP contribution in [-0.2, 0) is 0 Å². The van der Waals surface area contributed by atoms with Crippen molar-refractivity contribution in [2.24, 2.45) is 0 Å². The van der Waals surface area contributed by atoms with Gasteiger partial charge in [0.05, 0.1) is 0 Å². The minimum Gasteiger partial charge on any atom is -0.354 e. The largest absolute Gasteiger partial charge is 0.354 e. The van der Waals surface area contributed by atoms with Gasteiger partial charge in [-0.1, -0.05) is 48.0 Å². The van der Waals surface area contributed by atoms with Gasteiger partial charge in [0.25, 0.3) is 0 Å². The van der Waals surface area contributed by atoms with E-state index in [1.807, 2.05) is 36.4 Å². The maximum Gasteiger partial charge on any atom is 0.248 e. The van der Waals surface area contributed by atoms with Crippen molar-refractivity contribution in [3.05, 3.63) is 66.2 Å². The number of aromatic nitrogens is 5. The summed E-state index contributed by atoms with van der Waals surface area (Å²) in [6.07, 6.45) is 0. The van der Waals surface area contributed by atoms with Crippen LogP contribution >= 0.6 is 11.8 Å². The monoisotopic (exact) mass is 458 g/mol. The summed E-state index contributed by atoms with van der Waals surface area (Å²) in [5.74, 6) is 2.77. The van der Waals surface area contributed by atoms with E-state index in [2.05, 4.69) is 68.5 Å². The van der Waals surface area contributed by atoms with E-state index < -0.39 is 0 Å². The second-order valence-electron chi connectivity index (χ2n) is 8.10. The number of H-pyrrole nitrogens is 1. The second kappa shape index (κ2) is 9.60. The van der Waals surface area contributed by atoms with Crippen molar-refractivity contribution >= 4 is 29.3 Å². The van der Waals surface area contributed by atoms with E-state index in [-0.39, 0.29) is 0 Å². The number of rotatable bonds is 6. The number of aryl methyl sites for hydroxylation is 1. The quantitative estimate of drug-likeness (QED) is 0.416. The van der Waals surface area contributed by atoms with Gasteiger partial charge in [0.15, 0.2) is 11.0 Å². The zero-order valence-electron chi connectivity index (χ0n) is 18.7. The van der Waals surface area contributed by atoms with Crippen LogP contribution in [0.4, 0.5) is 17.6 Å². The zero-order valence-corrected chi connectivity index (χ0v) is 19.5. The van der Waals surface area contributed by atoms with Gasteiger partial charge in [-0.05, 0) is 37.9 Å². The Morgan fingerprint density at radius 1 is 0.909 bits per heavy atom. The molecule has 3 heterocycles. The molecule has 33 heavy (non-hydrogen) atoms. The Balaban J connectivity index is 1.41. The van der Waals surface area contributed by atoms with Crippen molar-refractivity contribution in [3.63, 3.8) is 0 Å². The SMILES string of the molecule is Cc1ccc(-c2nc(Nc3cc(N4CCN(C)CC4)nc(Sc4ccccc4)n3)n[nH]2)cc1. The summed E-state index contributed by atoms with van der Waals surface area (Å²) in [7, 11) is 2.15. The highest BCUT2D eigenvalue weighted by Gasteiger charge is 2.18. The molecular formula is C24H26N8S. The molecule has 0 spiro atoms. The number of nitrogens with one attached hydrogen (secondary N) is 2. The third-order valence-corrected chi connectivity index (χ3v) is 6.40. The summed E-state index contributed by atoms with van der Waals surface area (Å²) in [6, 6.07) is 20.3. The molecule has 0 amide bonds. The Hall–Kier alpha value is -3.43. The summed E-state index contributed by atoms with van der Waals surface area (Å²) in [4.78, 5) is 19.9. The number of nitrogens with zero attached hydrogens (tertiary/aromatic N) is 6. The summed E-state index contributed by atoms with van der Waals surface area (Å²) in [5.41, 5.74) is 2.19. The number of aromatic amines is 1. The lowest BCUT2D eigenvalue weighted by Gasteiger charge is -2.33. The van der Waals surface area contributed by atoms with Crippen LogP contribution in [0.5, 0.6) is 0 Å².